The van der Waals surface area contributed by atoms with E-state index in [1.54, 1.807) is 12.1 Å². The van der Waals surface area contributed by atoms with Crippen LogP contribution < -0.4 is 5.32 Å². The van der Waals surface area contributed by atoms with Crippen LogP contribution in [-0.2, 0) is 20.9 Å². The van der Waals surface area contributed by atoms with Crippen LogP contribution in [0.1, 0.15) is 35.4 Å². The Balaban J connectivity index is 1.64. The number of carboxylic acids is 2. The molecule has 4 N–H and O–H groups in total. The summed E-state index contributed by atoms with van der Waals surface area (Å²) >= 11 is 0. The van der Waals surface area contributed by atoms with Crippen molar-refractivity contribution in [2.45, 2.75) is 31.3 Å². The number of benzene rings is 3. The molecular weight excluding hydrogens is 460 g/mol. The third-order valence-electron chi connectivity index (χ3n) is 5.87. The molecule has 0 fully saturated rings. The lowest BCUT2D eigenvalue weighted by Crippen LogP contribution is -2.44. The van der Waals surface area contributed by atoms with Crippen LogP contribution in [0.15, 0.2) is 84.9 Å². The molecule has 1 atom stereocenters. The first-order valence-electron chi connectivity index (χ1n) is 11.7. The summed E-state index contributed by atoms with van der Waals surface area (Å²) in [6.07, 6.45) is 0.507. The zero-order valence-electron chi connectivity index (χ0n) is 19.8. The molecule has 0 heterocycles. The third kappa shape index (κ3) is 7.68. The van der Waals surface area contributed by atoms with E-state index in [0.717, 1.165) is 11.1 Å². The van der Waals surface area contributed by atoms with Crippen LogP contribution in [0.3, 0.4) is 0 Å². The van der Waals surface area contributed by atoms with E-state index in [0.29, 0.717) is 12.0 Å². The number of aromatic hydroxyl groups is 1. The fourth-order valence-electron chi connectivity index (χ4n) is 4.14. The Kier molecular flexibility index (Phi) is 9.59. The Hall–Kier alpha value is -4.17. The van der Waals surface area contributed by atoms with Crippen LogP contribution >= 0.6 is 0 Å². The van der Waals surface area contributed by atoms with Gasteiger partial charge in [-0.05, 0) is 41.7 Å². The first kappa shape index (κ1) is 26.4. The van der Waals surface area contributed by atoms with Crippen molar-refractivity contribution in [1.82, 2.24) is 10.2 Å². The highest BCUT2D eigenvalue weighted by molar-refractivity contribution is 5.87. The molecule has 3 aromatic rings. The van der Waals surface area contributed by atoms with Crippen LogP contribution in [0.25, 0.3) is 0 Å². The predicted molar refractivity (Wildman–Crippen MR) is 135 cm³/mol. The summed E-state index contributed by atoms with van der Waals surface area (Å²) in [4.78, 5) is 37.9. The molecule has 0 saturated carbocycles. The molecule has 8 nitrogen and oxygen atoms in total. The lowest BCUT2D eigenvalue weighted by atomic mass is 9.90. The Morgan fingerprint density at radius 3 is 1.86 bits per heavy atom. The smallest absolute Gasteiger partial charge is 0.320 e. The molecule has 0 saturated heterocycles. The van der Waals surface area contributed by atoms with E-state index in [9.17, 15) is 29.7 Å². The minimum absolute atomic E-state index is 0.0679. The van der Waals surface area contributed by atoms with Crippen molar-refractivity contribution in [3.05, 3.63) is 102 Å². The molecule has 3 aromatic carbocycles. The molecule has 0 radical (unpaired) electrons. The molecule has 0 aliphatic carbocycles. The van der Waals surface area contributed by atoms with Gasteiger partial charge >= 0.3 is 11.9 Å². The minimum Gasteiger partial charge on any atom is -0.508 e. The molecule has 0 bridgehead atoms. The van der Waals surface area contributed by atoms with E-state index in [1.807, 2.05) is 60.7 Å². The lowest BCUT2D eigenvalue weighted by Gasteiger charge is -2.27. The molecule has 0 spiro atoms. The van der Waals surface area contributed by atoms with Gasteiger partial charge in [-0.15, -0.1) is 0 Å². The summed E-state index contributed by atoms with van der Waals surface area (Å²) < 4.78 is 0. The van der Waals surface area contributed by atoms with Crippen molar-refractivity contribution in [3.63, 3.8) is 0 Å². The van der Waals surface area contributed by atoms with Crippen LogP contribution in [0, 0.1) is 0 Å². The number of rotatable bonds is 13. The van der Waals surface area contributed by atoms with E-state index in [2.05, 4.69) is 5.32 Å². The number of carboxylic acid groups (broad SMARTS) is 2. The lowest BCUT2D eigenvalue weighted by molar-refractivity contribution is -0.147. The molecule has 8 heteroatoms. The van der Waals surface area contributed by atoms with Gasteiger partial charge in [0.25, 0.3) is 0 Å². The van der Waals surface area contributed by atoms with Crippen LogP contribution in [-0.4, -0.2) is 57.2 Å². The Labute approximate surface area is 209 Å². The Morgan fingerprint density at radius 1 is 0.806 bits per heavy atom. The maximum atomic E-state index is 13.1. The largest absolute Gasteiger partial charge is 0.508 e. The number of amides is 1. The molecule has 0 aromatic heterocycles. The number of aliphatic carboxylic acids is 2. The van der Waals surface area contributed by atoms with Crippen molar-refractivity contribution >= 4 is 17.8 Å². The average Bonchev–Trinajstić information content (AvgIpc) is 2.86. The van der Waals surface area contributed by atoms with Crippen molar-refractivity contribution in [1.29, 1.82) is 0 Å². The number of nitrogens with one attached hydrogen (secondary N) is 1. The number of hydrogen-bond acceptors (Lipinski definition) is 5. The van der Waals surface area contributed by atoms with Gasteiger partial charge in [-0.1, -0.05) is 72.8 Å². The highest BCUT2D eigenvalue weighted by atomic mass is 16.4. The van der Waals surface area contributed by atoms with E-state index < -0.39 is 30.4 Å². The summed E-state index contributed by atoms with van der Waals surface area (Å²) in [5.41, 5.74) is 2.39. The highest BCUT2D eigenvalue weighted by Gasteiger charge is 2.28. The number of phenolic OH excluding ortho intramolecular Hbond substituents is 1. The third-order valence-corrected chi connectivity index (χ3v) is 5.87. The second-order valence-corrected chi connectivity index (χ2v) is 8.51. The standard InChI is InChI=1S/C28H30N2O6/c31-23-15-13-20(14-16-23)18-30(19-25(32)33)24(28(35)36)12-7-17-29-27(34)26(21-8-3-1-4-9-21)22-10-5-2-6-11-22/h1-6,8-11,13-16,24,26,31H,7,12,17-19H2,(H,29,34)(H,32,33)(H,35,36)/t24-/m1/s1. The van der Waals surface area contributed by atoms with E-state index >= 15 is 0 Å². The van der Waals surface area contributed by atoms with Crippen LogP contribution in [0.5, 0.6) is 5.75 Å². The molecule has 36 heavy (non-hydrogen) atoms. The zero-order chi connectivity index (χ0) is 25.9. The molecule has 0 unspecified atom stereocenters. The molecule has 3 rings (SSSR count). The topological polar surface area (TPSA) is 127 Å². The highest BCUT2D eigenvalue weighted by Crippen LogP contribution is 2.25. The Bertz CT molecular complexity index is 1100. The number of nitrogens with zero attached hydrogens (tertiary/aromatic N) is 1. The first-order chi connectivity index (χ1) is 17.3. The van der Waals surface area contributed by atoms with Gasteiger partial charge in [0, 0.05) is 13.1 Å². The fourth-order valence-corrected chi connectivity index (χ4v) is 4.14. The minimum atomic E-state index is -1.14. The number of carbonyl (C=O) groups is 3. The summed E-state index contributed by atoms with van der Waals surface area (Å²) in [5, 5.41) is 31.5. The SMILES string of the molecule is O=C(O)CN(Cc1ccc(O)cc1)[C@H](CCCNC(=O)C(c1ccccc1)c1ccccc1)C(=O)O. The van der Waals surface area contributed by atoms with E-state index in [-0.39, 0.29) is 31.2 Å². The van der Waals surface area contributed by atoms with Gasteiger partial charge < -0.3 is 20.6 Å². The predicted octanol–water partition coefficient (Wildman–Crippen LogP) is 3.46. The fraction of sp³-hybridized carbons (Fsp3) is 0.250. The maximum absolute atomic E-state index is 13.1. The zero-order valence-corrected chi connectivity index (χ0v) is 19.8. The summed E-state index contributed by atoms with van der Waals surface area (Å²) in [6.45, 7) is -0.104. The monoisotopic (exact) mass is 490 g/mol. The summed E-state index contributed by atoms with van der Waals surface area (Å²) in [6, 6.07) is 24.0. The van der Waals surface area contributed by atoms with Gasteiger partial charge in [-0.2, -0.15) is 0 Å². The van der Waals surface area contributed by atoms with Gasteiger partial charge in [0.05, 0.1) is 12.5 Å². The first-order valence-corrected chi connectivity index (χ1v) is 11.7. The summed E-state index contributed by atoms with van der Waals surface area (Å²) in [5.74, 6) is -2.89. The van der Waals surface area contributed by atoms with Crippen molar-refractivity contribution < 1.29 is 29.7 Å². The molecule has 0 aliphatic rings. The van der Waals surface area contributed by atoms with Gasteiger partial charge in [0.15, 0.2) is 0 Å². The number of carbonyl (C=O) groups excluding carboxylic acids is 1. The van der Waals surface area contributed by atoms with Crippen LogP contribution in [0.4, 0.5) is 0 Å². The van der Waals surface area contributed by atoms with Crippen molar-refractivity contribution in [2.75, 3.05) is 13.1 Å². The maximum Gasteiger partial charge on any atom is 0.320 e. The van der Waals surface area contributed by atoms with Gasteiger partial charge in [-0.25, -0.2) is 0 Å². The second kappa shape index (κ2) is 13.1. The van der Waals surface area contributed by atoms with E-state index in [1.165, 1.54) is 17.0 Å². The van der Waals surface area contributed by atoms with Gasteiger partial charge in [0.1, 0.15) is 11.8 Å². The van der Waals surface area contributed by atoms with Crippen LogP contribution in [0.2, 0.25) is 0 Å². The van der Waals surface area contributed by atoms with Gasteiger partial charge in [-0.3, -0.25) is 19.3 Å². The molecule has 188 valence electrons. The summed E-state index contributed by atoms with van der Waals surface area (Å²) in [7, 11) is 0. The molecular formula is C28H30N2O6. The van der Waals surface area contributed by atoms with Crippen molar-refractivity contribution in [2.24, 2.45) is 0 Å². The van der Waals surface area contributed by atoms with E-state index in [4.69, 9.17) is 0 Å². The number of hydrogen-bond donors (Lipinski definition) is 4. The van der Waals surface area contributed by atoms with Crippen molar-refractivity contribution in [3.8, 4) is 5.75 Å². The second-order valence-electron chi connectivity index (χ2n) is 8.51. The quantitative estimate of drug-likeness (QED) is 0.270. The normalized spacial score (nSPS) is 11.8. The Morgan fingerprint density at radius 2 is 1.36 bits per heavy atom. The van der Waals surface area contributed by atoms with Gasteiger partial charge in [0.2, 0.25) is 5.91 Å². The number of phenols is 1. The average molecular weight is 491 g/mol. The molecule has 1 amide bonds. The molecule has 0 aliphatic heterocycles.